The monoisotopic (exact) mass is 388 g/mol. The predicted octanol–water partition coefficient (Wildman–Crippen LogP) is 2.54. The van der Waals surface area contributed by atoms with E-state index < -0.39 is 10.0 Å². The summed E-state index contributed by atoms with van der Waals surface area (Å²) in [5.41, 5.74) is 1.35. The average molecular weight is 389 g/mol. The van der Waals surface area contributed by atoms with Crippen LogP contribution in [0.25, 0.3) is 16.3 Å². The zero-order valence-electron chi connectivity index (χ0n) is 14.4. The van der Waals surface area contributed by atoms with Crippen molar-refractivity contribution in [3.63, 3.8) is 0 Å². The van der Waals surface area contributed by atoms with Crippen LogP contribution in [-0.2, 0) is 10.0 Å². The average Bonchev–Trinajstić information content (AvgIpc) is 3.32. The standard InChI is InChI=1S/C18H20N4O2S2/c1-20-9-11-21(12-10-20)26(23,24)17-14-22(15-6-3-2-4-7-15)19-18(17)16-8-5-13-25-16/h2-8,13-14H,9-12H2,1H3. The van der Waals surface area contributed by atoms with E-state index in [4.69, 9.17) is 0 Å². The summed E-state index contributed by atoms with van der Waals surface area (Å²) >= 11 is 1.49. The molecule has 0 radical (unpaired) electrons. The quantitative estimate of drug-likeness (QED) is 0.689. The van der Waals surface area contributed by atoms with Gasteiger partial charge in [0, 0.05) is 26.2 Å². The van der Waals surface area contributed by atoms with Gasteiger partial charge in [-0.3, -0.25) is 0 Å². The second kappa shape index (κ2) is 6.96. The lowest BCUT2D eigenvalue weighted by atomic mass is 10.3. The van der Waals surface area contributed by atoms with Gasteiger partial charge >= 0.3 is 0 Å². The lowest BCUT2D eigenvalue weighted by molar-refractivity contribution is 0.222. The molecule has 6 nitrogen and oxygen atoms in total. The Kier molecular flexibility index (Phi) is 4.66. The summed E-state index contributed by atoms with van der Waals surface area (Å²) in [7, 11) is -1.59. The highest BCUT2D eigenvalue weighted by molar-refractivity contribution is 7.89. The number of hydrogen-bond acceptors (Lipinski definition) is 5. The molecule has 1 fully saturated rings. The van der Waals surface area contributed by atoms with Crippen molar-refractivity contribution in [3.8, 4) is 16.3 Å². The van der Waals surface area contributed by atoms with E-state index in [0.29, 0.717) is 18.8 Å². The van der Waals surface area contributed by atoms with Crippen molar-refractivity contribution in [1.82, 2.24) is 19.0 Å². The van der Waals surface area contributed by atoms with E-state index in [9.17, 15) is 8.42 Å². The van der Waals surface area contributed by atoms with Gasteiger partial charge in [-0.25, -0.2) is 13.1 Å². The highest BCUT2D eigenvalue weighted by Crippen LogP contribution is 2.32. The van der Waals surface area contributed by atoms with Gasteiger partial charge in [-0.05, 0) is 30.6 Å². The minimum Gasteiger partial charge on any atom is -0.304 e. The van der Waals surface area contributed by atoms with Gasteiger partial charge in [0.25, 0.3) is 0 Å². The molecule has 0 saturated carbocycles. The minimum absolute atomic E-state index is 0.272. The fourth-order valence-electron chi connectivity index (χ4n) is 3.01. The Balaban J connectivity index is 1.80. The van der Waals surface area contributed by atoms with Gasteiger partial charge in [-0.2, -0.15) is 9.40 Å². The summed E-state index contributed by atoms with van der Waals surface area (Å²) in [4.78, 5) is 3.26. The second-order valence-electron chi connectivity index (χ2n) is 6.31. The molecule has 1 aliphatic rings. The maximum Gasteiger partial charge on any atom is 0.246 e. The Labute approximate surface area is 157 Å². The van der Waals surface area contributed by atoms with Gasteiger partial charge in [0.1, 0.15) is 10.6 Å². The fourth-order valence-corrected chi connectivity index (χ4v) is 5.35. The van der Waals surface area contributed by atoms with E-state index >= 15 is 0 Å². The number of likely N-dealkylation sites (N-methyl/N-ethyl adjacent to an activating group) is 1. The summed E-state index contributed by atoms with van der Waals surface area (Å²) in [5, 5.41) is 6.54. The molecule has 0 unspecified atom stereocenters. The number of piperazine rings is 1. The van der Waals surface area contributed by atoms with Crippen molar-refractivity contribution in [1.29, 1.82) is 0 Å². The van der Waals surface area contributed by atoms with Gasteiger partial charge in [-0.15, -0.1) is 11.3 Å². The van der Waals surface area contributed by atoms with Crippen LogP contribution in [0.1, 0.15) is 0 Å². The van der Waals surface area contributed by atoms with Crippen molar-refractivity contribution in [2.45, 2.75) is 4.90 Å². The Morgan fingerprint density at radius 3 is 2.38 bits per heavy atom. The first kappa shape index (κ1) is 17.4. The van der Waals surface area contributed by atoms with Gasteiger partial charge < -0.3 is 4.90 Å². The van der Waals surface area contributed by atoms with Crippen LogP contribution in [0.15, 0.2) is 58.9 Å². The first-order valence-corrected chi connectivity index (χ1v) is 10.8. The Bertz CT molecular complexity index is 974. The third-order valence-corrected chi connectivity index (χ3v) is 7.31. The van der Waals surface area contributed by atoms with E-state index in [1.165, 1.54) is 11.3 Å². The van der Waals surface area contributed by atoms with Crippen LogP contribution in [0.3, 0.4) is 0 Å². The zero-order chi connectivity index (χ0) is 18.1. The molecule has 0 spiro atoms. The summed E-state index contributed by atoms with van der Waals surface area (Å²) in [6, 6.07) is 13.4. The minimum atomic E-state index is -3.60. The highest BCUT2D eigenvalue weighted by Gasteiger charge is 2.32. The third kappa shape index (κ3) is 3.21. The van der Waals surface area contributed by atoms with Crippen molar-refractivity contribution in [3.05, 3.63) is 54.0 Å². The summed E-state index contributed by atoms with van der Waals surface area (Å²) < 4.78 is 29.8. The molecular formula is C18H20N4O2S2. The number of benzene rings is 1. The molecule has 1 aromatic carbocycles. The van der Waals surface area contributed by atoms with Gasteiger partial charge in [0.2, 0.25) is 10.0 Å². The van der Waals surface area contributed by atoms with Crippen LogP contribution in [0, 0.1) is 0 Å². The molecule has 0 N–H and O–H groups in total. The smallest absolute Gasteiger partial charge is 0.246 e. The van der Waals surface area contributed by atoms with Crippen LogP contribution in [0.2, 0.25) is 0 Å². The third-order valence-electron chi connectivity index (χ3n) is 4.54. The number of rotatable bonds is 4. The number of hydrogen-bond donors (Lipinski definition) is 0. The molecule has 0 aliphatic carbocycles. The molecule has 0 bridgehead atoms. The molecule has 3 aromatic rings. The van der Waals surface area contributed by atoms with Crippen LogP contribution >= 0.6 is 11.3 Å². The molecule has 4 rings (SSSR count). The van der Waals surface area contributed by atoms with Gasteiger partial charge in [-0.1, -0.05) is 24.3 Å². The highest BCUT2D eigenvalue weighted by atomic mass is 32.2. The molecule has 26 heavy (non-hydrogen) atoms. The van der Waals surface area contributed by atoms with Crippen molar-refractivity contribution >= 4 is 21.4 Å². The molecular weight excluding hydrogens is 368 g/mol. The molecule has 3 heterocycles. The topological polar surface area (TPSA) is 58.4 Å². The predicted molar refractivity (Wildman–Crippen MR) is 103 cm³/mol. The van der Waals surface area contributed by atoms with Crippen molar-refractivity contribution in [2.24, 2.45) is 0 Å². The van der Waals surface area contributed by atoms with Crippen molar-refractivity contribution in [2.75, 3.05) is 33.2 Å². The zero-order valence-corrected chi connectivity index (χ0v) is 16.1. The largest absolute Gasteiger partial charge is 0.304 e. The molecule has 1 aliphatic heterocycles. The molecule has 2 aromatic heterocycles. The second-order valence-corrected chi connectivity index (χ2v) is 9.16. The van der Waals surface area contributed by atoms with E-state index in [1.54, 1.807) is 15.2 Å². The molecule has 1 saturated heterocycles. The number of thiophene rings is 1. The van der Waals surface area contributed by atoms with Crippen molar-refractivity contribution < 1.29 is 8.42 Å². The summed E-state index contributed by atoms with van der Waals surface area (Å²) in [5.74, 6) is 0. The van der Waals surface area contributed by atoms with Gasteiger partial charge in [0.05, 0.1) is 16.8 Å². The maximum absolute atomic E-state index is 13.3. The van der Waals surface area contributed by atoms with Crippen LogP contribution in [0.4, 0.5) is 0 Å². The van der Waals surface area contributed by atoms with Gasteiger partial charge in [0.15, 0.2) is 0 Å². The number of sulfonamides is 1. The molecule has 0 amide bonds. The number of aromatic nitrogens is 2. The first-order chi connectivity index (χ1) is 12.6. The number of para-hydroxylation sites is 1. The first-order valence-electron chi connectivity index (χ1n) is 8.43. The molecule has 0 atom stereocenters. The van der Waals surface area contributed by atoms with E-state index in [1.807, 2.05) is 54.9 Å². The lowest BCUT2D eigenvalue weighted by Gasteiger charge is -2.31. The van der Waals surface area contributed by atoms with E-state index in [-0.39, 0.29) is 4.90 Å². The molecule has 136 valence electrons. The van der Waals surface area contributed by atoms with E-state index in [2.05, 4.69) is 10.00 Å². The Morgan fingerprint density at radius 1 is 1.00 bits per heavy atom. The van der Waals surface area contributed by atoms with Crippen LogP contribution in [0.5, 0.6) is 0 Å². The maximum atomic E-state index is 13.3. The SMILES string of the molecule is CN1CCN(S(=O)(=O)c2cn(-c3ccccc3)nc2-c2cccs2)CC1. The lowest BCUT2D eigenvalue weighted by Crippen LogP contribution is -2.47. The summed E-state index contributed by atoms with van der Waals surface area (Å²) in [6.45, 7) is 2.47. The fraction of sp³-hybridized carbons (Fsp3) is 0.278. The van der Waals surface area contributed by atoms with Crippen LogP contribution in [-0.4, -0.2) is 60.6 Å². The normalized spacial score (nSPS) is 16.8. The Morgan fingerprint density at radius 2 is 1.73 bits per heavy atom. The molecule has 8 heteroatoms. The number of nitrogens with zero attached hydrogens (tertiary/aromatic N) is 4. The summed E-state index contributed by atoms with van der Waals surface area (Å²) in [6.07, 6.45) is 1.64. The van der Waals surface area contributed by atoms with Crippen LogP contribution < -0.4 is 0 Å². The van der Waals surface area contributed by atoms with E-state index in [0.717, 1.165) is 23.7 Å². The Hall–Kier alpha value is -2.00.